The molecule has 0 radical (unpaired) electrons. The van der Waals surface area contributed by atoms with Crippen LogP contribution in [0, 0.1) is 11.8 Å². The van der Waals surface area contributed by atoms with Crippen LogP contribution in [0.15, 0.2) is 42.5 Å². The summed E-state index contributed by atoms with van der Waals surface area (Å²) in [6, 6.07) is 10.1. The van der Waals surface area contributed by atoms with Crippen LogP contribution in [-0.4, -0.2) is 47.2 Å². The Hall–Kier alpha value is -3.26. The number of aliphatic carboxylic acids is 1. The standard InChI is InChI=1S/C23H29N3O5/c1-13(2)11-19(21(28)17(12-27)20(24)23(30)31)26-22(29)14(3)25-18-10-6-8-15-7-4-5-9-16(15)18/h4-10,12-14,17,19-20,25H,11,24H2,1-3H3,(H,26,29)(H,30,31)/t14?,17-,19?,20?/m1/s1. The predicted octanol–water partition coefficient (Wildman–Crippen LogP) is 1.97. The van der Waals surface area contributed by atoms with Crippen LogP contribution in [0.4, 0.5) is 5.69 Å². The molecule has 0 heterocycles. The van der Waals surface area contributed by atoms with E-state index >= 15 is 0 Å². The first-order valence-electron chi connectivity index (χ1n) is 10.2. The molecule has 4 atom stereocenters. The molecule has 2 aromatic rings. The topological polar surface area (TPSA) is 139 Å². The predicted molar refractivity (Wildman–Crippen MR) is 119 cm³/mol. The second-order valence-electron chi connectivity index (χ2n) is 8.01. The van der Waals surface area contributed by atoms with Gasteiger partial charge in [-0.2, -0.15) is 0 Å². The molecule has 31 heavy (non-hydrogen) atoms. The number of aldehydes is 1. The number of carbonyl (C=O) groups excluding carboxylic acids is 3. The van der Waals surface area contributed by atoms with Gasteiger partial charge in [-0.3, -0.25) is 14.4 Å². The lowest BCUT2D eigenvalue weighted by Crippen LogP contribution is -2.53. The number of ketones is 1. The Balaban J connectivity index is 2.18. The molecule has 0 bridgehead atoms. The van der Waals surface area contributed by atoms with Gasteiger partial charge in [-0.15, -0.1) is 0 Å². The Morgan fingerprint density at radius 2 is 1.71 bits per heavy atom. The summed E-state index contributed by atoms with van der Waals surface area (Å²) in [6.45, 7) is 5.38. The van der Waals surface area contributed by atoms with Crippen molar-refractivity contribution in [3.05, 3.63) is 42.5 Å². The van der Waals surface area contributed by atoms with Gasteiger partial charge in [-0.1, -0.05) is 50.2 Å². The zero-order valence-electron chi connectivity index (χ0n) is 17.9. The van der Waals surface area contributed by atoms with E-state index in [0.717, 1.165) is 16.5 Å². The molecule has 8 nitrogen and oxygen atoms in total. The number of benzene rings is 2. The number of hydrogen-bond acceptors (Lipinski definition) is 6. The van der Waals surface area contributed by atoms with Crippen LogP contribution in [0.5, 0.6) is 0 Å². The van der Waals surface area contributed by atoms with Crippen LogP contribution in [-0.2, 0) is 19.2 Å². The van der Waals surface area contributed by atoms with Gasteiger partial charge in [0.25, 0.3) is 0 Å². The van der Waals surface area contributed by atoms with E-state index in [4.69, 9.17) is 10.8 Å². The van der Waals surface area contributed by atoms with Gasteiger partial charge in [0, 0.05) is 11.1 Å². The zero-order valence-corrected chi connectivity index (χ0v) is 17.9. The number of carboxylic acids is 1. The number of Topliss-reactive ketones (excluding diaryl/α,β-unsaturated/α-hetero) is 1. The highest BCUT2D eigenvalue weighted by molar-refractivity contribution is 6.03. The molecule has 8 heteroatoms. The molecule has 0 spiro atoms. The fraction of sp³-hybridized carbons (Fsp3) is 0.391. The highest BCUT2D eigenvalue weighted by Crippen LogP contribution is 2.23. The molecule has 0 aliphatic heterocycles. The fourth-order valence-electron chi connectivity index (χ4n) is 3.38. The van der Waals surface area contributed by atoms with Crippen LogP contribution < -0.4 is 16.4 Å². The Kier molecular flexibility index (Phi) is 8.27. The number of fused-ring (bicyclic) bond motifs is 1. The Labute approximate surface area is 181 Å². The Morgan fingerprint density at radius 1 is 1.06 bits per heavy atom. The normalized spacial score (nSPS) is 15.0. The third-order valence-corrected chi connectivity index (χ3v) is 5.07. The average Bonchev–Trinajstić information content (AvgIpc) is 2.73. The maximum absolute atomic E-state index is 12.8. The van der Waals surface area contributed by atoms with Gasteiger partial charge in [0.05, 0.1) is 6.04 Å². The molecule has 1 amide bonds. The third kappa shape index (κ3) is 6.11. The number of carboxylic acid groups (broad SMARTS) is 1. The number of rotatable bonds is 11. The molecule has 5 N–H and O–H groups in total. The van der Waals surface area contributed by atoms with Gasteiger partial charge in [-0.25, -0.2) is 0 Å². The monoisotopic (exact) mass is 427 g/mol. The highest BCUT2D eigenvalue weighted by Gasteiger charge is 2.36. The van der Waals surface area contributed by atoms with Gasteiger partial charge in [0.1, 0.15) is 24.3 Å². The van der Waals surface area contributed by atoms with Crippen molar-refractivity contribution in [1.29, 1.82) is 0 Å². The summed E-state index contributed by atoms with van der Waals surface area (Å²) in [5.41, 5.74) is 6.28. The van der Waals surface area contributed by atoms with E-state index in [0.29, 0.717) is 0 Å². The molecule has 166 valence electrons. The summed E-state index contributed by atoms with van der Waals surface area (Å²) in [4.78, 5) is 48.2. The Morgan fingerprint density at radius 3 is 2.32 bits per heavy atom. The highest BCUT2D eigenvalue weighted by atomic mass is 16.4. The van der Waals surface area contributed by atoms with E-state index in [1.807, 2.05) is 56.3 Å². The van der Waals surface area contributed by atoms with Crippen LogP contribution in [0.1, 0.15) is 27.2 Å². The first-order chi connectivity index (χ1) is 14.6. The summed E-state index contributed by atoms with van der Waals surface area (Å²) in [5, 5.41) is 16.9. The lowest BCUT2D eigenvalue weighted by atomic mass is 9.88. The van der Waals surface area contributed by atoms with E-state index in [1.165, 1.54) is 0 Å². The molecule has 2 aromatic carbocycles. The second kappa shape index (κ2) is 10.7. The van der Waals surface area contributed by atoms with Crippen molar-refractivity contribution in [2.24, 2.45) is 17.6 Å². The molecule has 2 rings (SSSR count). The van der Waals surface area contributed by atoms with E-state index < -0.39 is 41.7 Å². The maximum Gasteiger partial charge on any atom is 0.321 e. The minimum Gasteiger partial charge on any atom is -0.480 e. The molecular formula is C23H29N3O5. The number of nitrogens with two attached hydrogens (primary N) is 1. The van der Waals surface area contributed by atoms with Gasteiger partial charge < -0.3 is 26.3 Å². The van der Waals surface area contributed by atoms with Crippen molar-refractivity contribution >= 4 is 40.4 Å². The Bertz CT molecular complexity index is 954. The molecule has 3 unspecified atom stereocenters. The first kappa shape index (κ1) is 24.0. The quantitative estimate of drug-likeness (QED) is 0.318. The van der Waals surface area contributed by atoms with Crippen molar-refractivity contribution in [2.45, 2.75) is 45.3 Å². The lowest BCUT2D eigenvalue weighted by molar-refractivity contribution is -0.145. The van der Waals surface area contributed by atoms with Crippen molar-refractivity contribution in [2.75, 3.05) is 5.32 Å². The summed E-state index contributed by atoms with van der Waals surface area (Å²) < 4.78 is 0. The SMILES string of the molecule is CC(C)CC(NC(=O)C(C)Nc1cccc2ccccc12)C(=O)[C@H](C=O)C(N)C(=O)O. The van der Waals surface area contributed by atoms with Crippen LogP contribution >= 0.6 is 0 Å². The molecule has 0 aliphatic rings. The molecule has 0 aromatic heterocycles. The first-order valence-corrected chi connectivity index (χ1v) is 10.2. The van der Waals surface area contributed by atoms with Gasteiger partial charge in [0.15, 0.2) is 5.78 Å². The van der Waals surface area contributed by atoms with Gasteiger partial charge >= 0.3 is 5.97 Å². The summed E-state index contributed by atoms with van der Waals surface area (Å²) in [5.74, 6) is -4.12. The smallest absolute Gasteiger partial charge is 0.321 e. The molecule has 0 saturated heterocycles. The molecule has 0 fully saturated rings. The summed E-state index contributed by atoms with van der Waals surface area (Å²) >= 11 is 0. The van der Waals surface area contributed by atoms with E-state index in [-0.39, 0.29) is 18.6 Å². The summed E-state index contributed by atoms with van der Waals surface area (Å²) in [6.07, 6.45) is 0.487. The number of amides is 1. The fourth-order valence-corrected chi connectivity index (χ4v) is 3.38. The lowest BCUT2D eigenvalue weighted by Gasteiger charge is -2.25. The van der Waals surface area contributed by atoms with E-state index in [1.54, 1.807) is 6.92 Å². The molecule has 0 aliphatic carbocycles. The van der Waals surface area contributed by atoms with Crippen molar-refractivity contribution < 1.29 is 24.3 Å². The zero-order chi connectivity index (χ0) is 23.1. The number of hydrogen-bond donors (Lipinski definition) is 4. The third-order valence-electron chi connectivity index (χ3n) is 5.07. The number of carbonyl (C=O) groups is 4. The van der Waals surface area contributed by atoms with Crippen molar-refractivity contribution in [1.82, 2.24) is 5.32 Å². The van der Waals surface area contributed by atoms with Gasteiger partial charge in [0.2, 0.25) is 5.91 Å². The van der Waals surface area contributed by atoms with E-state index in [9.17, 15) is 19.2 Å². The van der Waals surface area contributed by atoms with Crippen LogP contribution in [0.3, 0.4) is 0 Å². The van der Waals surface area contributed by atoms with Gasteiger partial charge in [-0.05, 0) is 30.7 Å². The van der Waals surface area contributed by atoms with E-state index in [2.05, 4.69) is 10.6 Å². The maximum atomic E-state index is 12.8. The molecular weight excluding hydrogens is 398 g/mol. The van der Waals surface area contributed by atoms with Crippen molar-refractivity contribution in [3.63, 3.8) is 0 Å². The molecule has 0 saturated carbocycles. The average molecular weight is 428 g/mol. The van der Waals surface area contributed by atoms with Crippen molar-refractivity contribution in [3.8, 4) is 0 Å². The largest absolute Gasteiger partial charge is 0.480 e. The minimum atomic E-state index is -1.66. The second-order valence-corrected chi connectivity index (χ2v) is 8.01. The minimum absolute atomic E-state index is 0.0175. The number of anilines is 1. The number of nitrogens with one attached hydrogen (secondary N) is 2. The summed E-state index contributed by atoms with van der Waals surface area (Å²) in [7, 11) is 0. The van der Waals surface area contributed by atoms with Crippen LogP contribution in [0.25, 0.3) is 10.8 Å². The van der Waals surface area contributed by atoms with Crippen LogP contribution in [0.2, 0.25) is 0 Å².